The van der Waals surface area contributed by atoms with Crippen LogP contribution in [0.5, 0.6) is 0 Å². The number of rotatable bonds is 3. The lowest BCUT2D eigenvalue weighted by Gasteiger charge is -2.08. The smallest absolute Gasteiger partial charge is 0.296 e. The molecule has 1 fully saturated rings. The number of fused-ring (bicyclic) bond motifs is 1. The Kier molecular flexibility index (Phi) is 2.67. The largest absolute Gasteiger partial charge is 0.360 e. The molecule has 2 aromatic heterocycles. The van der Waals surface area contributed by atoms with E-state index in [9.17, 15) is 4.79 Å². The standard InChI is InChI=1S/C16H15N3O2/c1-10-13-14(12-5-3-2-4-6-12)17-19(9-11-7-8-11)16(20)15(13)18-21-10/h2-6,11H,7-9H2,1H3. The fraction of sp³-hybridized carbons (Fsp3) is 0.312. The van der Waals surface area contributed by atoms with E-state index in [0.717, 1.165) is 16.6 Å². The molecule has 21 heavy (non-hydrogen) atoms. The van der Waals surface area contributed by atoms with Crippen molar-refractivity contribution in [3.63, 3.8) is 0 Å². The molecule has 0 bridgehead atoms. The minimum Gasteiger partial charge on any atom is -0.360 e. The molecule has 4 rings (SSSR count). The molecule has 0 saturated heterocycles. The average molecular weight is 281 g/mol. The van der Waals surface area contributed by atoms with E-state index in [4.69, 9.17) is 4.52 Å². The van der Waals surface area contributed by atoms with E-state index in [1.807, 2.05) is 37.3 Å². The highest BCUT2D eigenvalue weighted by molar-refractivity contribution is 5.92. The highest BCUT2D eigenvalue weighted by atomic mass is 16.5. The summed E-state index contributed by atoms with van der Waals surface area (Å²) in [6, 6.07) is 9.85. The van der Waals surface area contributed by atoms with E-state index >= 15 is 0 Å². The molecule has 0 atom stereocenters. The topological polar surface area (TPSA) is 60.9 Å². The number of hydrogen-bond donors (Lipinski definition) is 0. The van der Waals surface area contributed by atoms with E-state index in [1.54, 1.807) is 4.68 Å². The highest BCUT2D eigenvalue weighted by Crippen LogP contribution is 2.31. The van der Waals surface area contributed by atoms with Crippen molar-refractivity contribution in [2.45, 2.75) is 26.3 Å². The second kappa shape index (κ2) is 4.55. The summed E-state index contributed by atoms with van der Waals surface area (Å²) in [5.74, 6) is 1.20. The van der Waals surface area contributed by atoms with Crippen molar-refractivity contribution in [2.24, 2.45) is 5.92 Å². The zero-order chi connectivity index (χ0) is 14.4. The van der Waals surface area contributed by atoms with Crippen LogP contribution in [0, 0.1) is 12.8 Å². The fourth-order valence-electron chi connectivity index (χ4n) is 2.60. The molecule has 1 aliphatic carbocycles. The van der Waals surface area contributed by atoms with Crippen molar-refractivity contribution in [3.8, 4) is 11.3 Å². The molecule has 0 unspecified atom stereocenters. The van der Waals surface area contributed by atoms with Crippen LogP contribution in [0.4, 0.5) is 0 Å². The van der Waals surface area contributed by atoms with Gasteiger partial charge in [-0.3, -0.25) is 4.79 Å². The molecular weight excluding hydrogens is 266 g/mol. The second-order valence-electron chi connectivity index (χ2n) is 5.61. The van der Waals surface area contributed by atoms with E-state index in [2.05, 4.69) is 10.3 Å². The van der Waals surface area contributed by atoms with E-state index in [1.165, 1.54) is 12.8 Å². The molecule has 0 amide bonds. The number of aromatic nitrogens is 3. The SMILES string of the molecule is Cc1onc2c(=O)n(CC3CC3)nc(-c3ccccc3)c12. The van der Waals surface area contributed by atoms with Crippen molar-refractivity contribution in [2.75, 3.05) is 0 Å². The van der Waals surface area contributed by atoms with Gasteiger partial charge in [0, 0.05) is 12.1 Å². The fourth-order valence-corrected chi connectivity index (χ4v) is 2.60. The summed E-state index contributed by atoms with van der Waals surface area (Å²) < 4.78 is 6.78. The molecule has 1 saturated carbocycles. The van der Waals surface area contributed by atoms with Gasteiger partial charge in [0.05, 0.1) is 5.39 Å². The summed E-state index contributed by atoms with van der Waals surface area (Å²) >= 11 is 0. The van der Waals surface area contributed by atoms with Crippen molar-refractivity contribution in [3.05, 3.63) is 46.4 Å². The van der Waals surface area contributed by atoms with Gasteiger partial charge in [-0.15, -0.1) is 0 Å². The van der Waals surface area contributed by atoms with Crippen LogP contribution < -0.4 is 5.56 Å². The van der Waals surface area contributed by atoms with Crippen LogP contribution in [0.1, 0.15) is 18.6 Å². The van der Waals surface area contributed by atoms with Gasteiger partial charge in [0.2, 0.25) is 0 Å². The van der Waals surface area contributed by atoms with Crippen molar-refractivity contribution >= 4 is 10.9 Å². The Morgan fingerprint density at radius 2 is 2.05 bits per heavy atom. The quantitative estimate of drug-likeness (QED) is 0.740. The van der Waals surface area contributed by atoms with E-state index < -0.39 is 0 Å². The molecule has 1 aliphatic rings. The van der Waals surface area contributed by atoms with Gasteiger partial charge in [-0.2, -0.15) is 5.10 Å². The molecule has 0 N–H and O–H groups in total. The van der Waals surface area contributed by atoms with Crippen LogP contribution in [0.3, 0.4) is 0 Å². The van der Waals surface area contributed by atoms with Crippen LogP contribution in [0.15, 0.2) is 39.6 Å². The number of aryl methyl sites for hydroxylation is 1. The van der Waals surface area contributed by atoms with Crippen molar-refractivity contribution in [1.29, 1.82) is 0 Å². The van der Waals surface area contributed by atoms with Crippen LogP contribution in [0.2, 0.25) is 0 Å². The first-order chi connectivity index (χ1) is 10.2. The molecule has 2 heterocycles. The maximum Gasteiger partial charge on any atom is 0.296 e. The van der Waals surface area contributed by atoms with Gasteiger partial charge in [0.1, 0.15) is 11.5 Å². The first-order valence-corrected chi connectivity index (χ1v) is 7.16. The zero-order valence-corrected chi connectivity index (χ0v) is 11.7. The lowest BCUT2D eigenvalue weighted by atomic mass is 10.1. The molecule has 5 nitrogen and oxygen atoms in total. The Hall–Kier alpha value is -2.43. The number of benzene rings is 1. The van der Waals surface area contributed by atoms with Crippen LogP contribution >= 0.6 is 0 Å². The van der Waals surface area contributed by atoms with Crippen LogP contribution in [-0.4, -0.2) is 14.9 Å². The van der Waals surface area contributed by atoms with Crippen molar-refractivity contribution < 1.29 is 4.52 Å². The third-order valence-electron chi connectivity index (χ3n) is 3.93. The van der Waals surface area contributed by atoms with Crippen LogP contribution in [0.25, 0.3) is 22.2 Å². The summed E-state index contributed by atoms with van der Waals surface area (Å²) in [5.41, 5.74) is 1.96. The normalized spacial score (nSPS) is 14.7. The minimum absolute atomic E-state index is 0.159. The summed E-state index contributed by atoms with van der Waals surface area (Å²) in [4.78, 5) is 12.5. The monoisotopic (exact) mass is 281 g/mol. The maximum atomic E-state index is 12.5. The Bertz CT molecular complexity index is 860. The molecular formula is C16H15N3O2. The van der Waals surface area contributed by atoms with Gasteiger partial charge >= 0.3 is 0 Å². The first-order valence-electron chi connectivity index (χ1n) is 7.16. The predicted molar refractivity (Wildman–Crippen MR) is 79.0 cm³/mol. The molecule has 5 heteroatoms. The molecule has 1 aromatic carbocycles. The van der Waals surface area contributed by atoms with E-state index in [-0.39, 0.29) is 5.56 Å². The zero-order valence-electron chi connectivity index (χ0n) is 11.7. The summed E-state index contributed by atoms with van der Waals surface area (Å²) in [6.07, 6.45) is 2.34. The third kappa shape index (κ3) is 2.05. The number of nitrogens with zero attached hydrogens (tertiary/aromatic N) is 3. The average Bonchev–Trinajstić information content (AvgIpc) is 3.24. The van der Waals surface area contributed by atoms with Gasteiger partial charge in [0.15, 0.2) is 5.52 Å². The second-order valence-corrected chi connectivity index (χ2v) is 5.61. The Labute approximate surface area is 121 Å². The molecule has 3 aromatic rings. The Balaban J connectivity index is 2.01. The number of hydrogen-bond acceptors (Lipinski definition) is 4. The van der Waals surface area contributed by atoms with Gasteiger partial charge in [-0.1, -0.05) is 35.5 Å². The molecule has 0 spiro atoms. The van der Waals surface area contributed by atoms with Gasteiger partial charge in [-0.25, -0.2) is 4.68 Å². The predicted octanol–water partition coefficient (Wildman–Crippen LogP) is 2.77. The summed E-state index contributed by atoms with van der Waals surface area (Å²) in [7, 11) is 0. The first kappa shape index (κ1) is 12.3. The lowest BCUT2D eigenvalue weighted by molar-refractivity contribution is 0.404. The molecule has 106 valence electrons. The maximum absolute atomic E-state index is 12.5. The van der Waals surface area contributed by atoms with Gasteiger partial charge in [-0.05, 0) is 25.7 Å². The van der Waals surface area contributed by atoms with Crippen LogP contribution in [-0.2, 0) is 6.54 Å². The van der Waals surface area contributed by atoms with E-state index in [0.29, 0.717) is 23.7 Å². The molecule has 0 radical (unpaired) electrons. The summed E-state index contributed by atoms with van der Waals surface area (Å²) in [5, 5.41) is 9.25. The Morgan fingerprint density at radius 3 is 2.76 bits per heavy atom. The minimum atomic E-state index is -0.159. The Morgan fingerprint density at radius 1 is 1.29 bits per heavy atom. The summed E-state index contributed by atoms with van der Waals surface area (Å²) in [6.45, 7) is 2.48. The molecule has 0 aliphatic heterocycles. The third-order valence-corrected chi connectivity index (χ3v) is 3.93. The highest BCUT2D eigenvalue weighted by Gasteiger charge is 2.25. The lowest BCUT2D eigenvalue weighted by Crippen LogP contribution is -2.24. The van der Waals surface area contributed by atoms with Gasteiger partial charge in [0.25, 0.3) is 5.56 Å². The van der Waals surface area contributed by atoms with Gasteiger partial charge < -0.3 is 4.52 Å². The van der Waals surface area contributed by atoms with Crippen molar-refractivity contribution in [1.82, 2.24) is 14.9 Å².